The van der Waals surface area contributed by atoms with Gasteiger partial charge in [0.05, 0.1) is 18.8 Å². The monoisotopic (exact) mass is 215 g/mol. The van der Waals surface area contributed by atoms with Gasteiger partial charge < -0.3 is 10.5 Å². The summed E-state index contributed by atoms with van der Waals surface area (Å²) in [5, 5.41) is 0. The third-order valence-corrected chi connectivity index (χ3v) is 1.75. The van der Waals surface area contributed by atoms with Gasteiger partial charge in [0.25, 0.3) is 0 Å². The molecule has 0 aliphatic carbocycles. The Labute approximate surface area is 85.8 Å². The summed E-state index contributed by atoms with van der Waals surface area (Å²) in [6, 6.07) is 3.42. The molecule has 0 spiro atoms. The van der Waals surface area contributed by atoms with Gasteiger partial charge in [-0.15, -0.1) is 0 Å². The fourth-order valence-electron chi connectivity index (χ4n) is 1.00. The molecule has 0 aliphatic rings. The Kier molecular flexibility index (Phi) is 4.03. The minimum atomic E-state index is -0.736. The van der Waals surface area contributed by atoms with Gasteiger partial charge in [0.2, 0.25) is 0 Å². The SMILES string of the molecule is Nc1ccc(F)cc1C(=O)OCCCF. The lowest BCUT2D eigenvalue weighted by Gasteiger charge is -2.05. The first-order valence-electron chi connectivity index (χ1n) is 4.43. The van der Waals surface area contributed by atoms with E-state index in [0.717, 1.165) is 12.1 Å². The number of ether oxygens (including phenoxy) is 1. The van der Waals surface area contributed by atoms with Gasteiger partial charge in [-0.3, -0.25) is 4.39 Å². The molecule has 5 heteroatoms. The minimum absolute atomic E-state index is 0.0335. The third-order valence-electron chi connectivity index (χ3n) is 1.75. The molecule has 3 nitrogen and oxygen atoms in total. The topological polar surface area (TPSA) is 52.3 Å². The number of alkyl halides is 1. The van der Waals surface area contributed by atoms with Gasteiger partial charge in [0, 0.05) is 12.1 Å². The molecule has 15 heavy (non-hydrogen) atoms. The maximum Gasteiger partial charge on any atom is 0.340 e. The first-order chi connectivity index (χ1) is 7.15. The Morgan fingerprint density at radius 3 is 2.87 bits per heavy atom. The summed E-state index contributed by atoms with van der Waals surface area (Å²) in [6.45, 7) is -0.600. The maximum atomic E-state index is 12.8. The smallest absolute Gasteiger partial charge is 0.340 e. The molecule has 2 N–H and O–H groups in total. The van der Waals surface area contributed by atoms with E-state index in [4.69, 9.17) is 5.73 Å². The van der Waals surface area contributed by atoms with E-state index in [0.29, 0.717) is 0 Å². The van der Waals surface area contributed by atoms with Crippen LogP contribution in [-0.2, 0) is 4.74 Å². The van der Waals surface area contributed by atoms with E-state index >= 15 is 0 Å². The molecule has 0 fully saturated rings. The largest absolute Gasteiger partial charge is 0.462 e. The average molecular weight is 215 g/mol. The van der Waals surface area contributed by atoms with Crippen LogP contribution in [0.2, 0.25) is 0 Å². The highest BCUT2D eigenvalue weighted by atomic mass is 19.1. The summed E-state index contributed by atoms with van der Waals surface area (Å²) >= 11 is 0. The second kappa shape index (κ2) is 5.29. The van der Waals surface area contributed by atoms with Gasteiger partial charge in [-0.1, -0.05) is 0 Å². The quantitative estimate of drug-likeness (QED) is 0.474. The van der Waals surface area contributed by atoms with Crippen molar-refractivity contribution in [2.45, 2.75) is 6.42 Å². The van der Waals surface area contributed by atoms with Crippen molar-refractivity contribution in [3.63, 3.8) is 0 Å². The van der Waals surface area contributed by atoms with E-state index in [2.05, 4.69) is 4.74 Å². The van der Waals surface area contributed by atoms with E-state index in [-0.39, 0.29) is 24.3 Å². The van der Waals surface area contributed by atoms with Crippen LogP contribution < -0.4 is 5.73 Å². The summed E-state index contributed by atoms with van der Waals surface area (Å²) in [5.41, 5.74) is 5.56. The van der Waals surface area contributed by atoms with Crippen LogP contribution in [0.4, 0.5) is 14.5 Å². The predicted octanol–water partition coefficient (Wildman–Crippen LogP) is 1.92. The number of hydrogen-bond donors (Lipinski definition) is 1. The van der Waals surface area contributed by atoms with Crippen molar-refractivity contribution in [2.24, 2.45) is 0 Å². The number of carbonyl (C=O) groups excluding carboxylic acids is 1. The number of carbonyl (C=O) groups is 1. The van der Waals surface area contributed by atoms with Gasteiger partial charge in [-0.25, -0.2) is 9.18 Å². The van der Waals surface area contributed by atoms with E-state index in [1.807, 2.05) is 0 Å². The lowest BCUT2D eigenvalue weighted by Crippen LogP contribution is -2.09. The molecule has 1 rings (SSSR count). The van der Waals surface area contributed by atoms with Crippen LogP contribution in [0.3, 0.4) is 0 Å². The standard InChI is InChI=1S/C10H11F2NO2/c11-4-1-5-15-10(14)8-6-7(12)2-3-9(8)13/h2-3,6H,1,4-5,13H2. The lowest BCUT2D eigenvalue weighted by atomic mass is 10.2. The van der Waals surface area contributed by atoms with Gasteiger partial charge in [0.15, 0.2) is 0 Å². The molecular formula is C10H11F2NO2. The van der Waals surface area contributed by atoms with Crippen molar-refractivity contribution >= 4 is 11.7 Å². The summed E-state index contributed by atoms with van der Waals surface area (Å²) in [6.07, 6.45) is 0.126. The zero-order valence-electron chi connectivity index (χ0n) is 8.00. The molecule has 0 radical (unpaired) electrons. The molecule has 0 unspecified atom stereocenters. The molecule has 0 atom stereocenters. The van der Waals surface area contributed by atoms with Crippen LogP contribution in [0.5, 0.6) is 0 Å². The molecule has 0 heterocycles. The summed E-state index contributed by atoms with van der Waals surface area (Å²) in [5.74, 6) is -1.30. The van der Waals surface area contributed by atoms with Crippen LogP contribution >= 0.6 is 0 Å². The fourth-order valence-corrected chi connectivity index (χ4v) is 1.00. The first kappa shape index (κ1) is 11.4. The highest BCUT2D eigenvalue weighted by Crippen LogP contribution is 2.14. The fraction of sp³-hybridized carbons (Fsp3) is 0.300. The van der Waals surface area contributed by atoms with Crippen molar-refractivity contribution in [3.8, 4) is 0 Å². The van der Waals surface area contributed by atoms with Gasteiger partial charge >= 0.3 is 5.97 Å². The van der Waals surface area contributed by atoms with E-state index < -0.39 is 18.5 Å². The predicted molar refractivity (Wildman–Crippen MR) is 51.7 cm³/mol. The van der Waals surface area contributed by atoms with Crippen molar-refractivity contribution in [1.29, 1.82) is 0 Å². The Morgan fingerprint density at radius 2 is 2.20 bits per heavy atom. The van der Waals surface area contributed by atoms with Crippen molar-refractivity contribution in [1.82, 2.24) is 0 Å². The number of halogens is 2. The van der Waals surface area contributed by atoms with Crippen LogP contribution in [0.15, 0.2) is 18.2 Å². The molecule has 82 valence electrons. The summed E-state index contributed by atoms with van der Waals surface area (Å²) < 4.78 is 29.2. The highest BCUT2D eigenvalue weighted by molar-refractivity contribution is 5.95. The Balaban J connectivity index is 2.68. The number of anilines is 1. The maximum absolute atomic E-state index is 12.8. The molecule has 0 saturated heterocycles. The Hall–Kier alpha value is -1.65. The molecule has 1 aromatic rings. The number of nitrogens with two attached hydrogens (primary N) is 1. The number of rotatable bonds is 4. The molecule has 0 saturated carbocycles. The Bertz CT molecular complexity index is 355. The minimum Gasteiger partial charge on any atom is -0.462 e. The number of hydrogen-bond acceptors (Lipinski definition) is 3. The van der Waals surface area contributed by atoms with Crippen LogP contribution in [0, 0.1) is 5.82 Å². The van der Waals surface area contributed by atoms with Crippen molar-refractivity contribution in [2.75, 3.05) is 19.0 Å². The number of benzene rings is 1. The Morgan fingerprint density at radius 1 is 1.47 bits per heavy atom. The lowest BCUT2D eigenvalue weighted by molar-refractivity contribution is 0.0495. The van der Waals surface area contributed by atoms with Crippen LogP contribution in [0.25, 0.3) is 0 Å². The van der Waals surface area contributed by atoms with E-state index in [1.165, 1.54) is 6.07 Å². The second-order valence-electron chi connectivity index (χ2n) is 2.91. The molecule has 0 amide bonds. The van der Waals surface area contributed by atoms with Crippen LogP contribution in [0.1, 0.15) is 16.8 Å². The van der Waals surface area contributed by atoms with Crippen molar-refractivity contribution in [3.05, 3.63) is 29.6 Å². The van der Waals surface area contributed by atoms with Crippen molar-refractivity contribution < 1.29 is 18.3 Å². The second-order valence-corrected chi connectivity index (χ2v) is 2.91. The molecule has 0 aliphatic heterocycles. The molecule has 1 aromatic carbocycles. The van der Waals surface area contributed by atoms with Gasteiger partial charge in [-0.05, 0) is 18.2 Å². The third kappa shape index (κ3) is 3.19. The van der Waals surface area contributed by atoms with Gasteiger partial charge in [-0.2, -0.15) is 0 Å². The molecular weight excluding hydrogens is 204 g/mol. The van der Waals surface area contributed by atoms with E-state index in [1.54, 1.807) is 0 Å². The summed E-state index contributed by atoms with van der Waals surface area (Å²) in [7, 11) is 0. The normalized spacial score (nSPS) is 10.0. The van der Waals surface area contributed by atoms with Crippen LogP contribution in [-0.4, -0.2) is 19.3 Å². The number of esters is 1. The highest BCUT2D eigenvalue weighted by Gasteiger charge is 2.11. The zero-order chi connectivity index (χ0) is 11.3. The molecule has 0 aromatic heterocycles. The first-order valence-corrected chi connectivity index (χ1v) is 4.43. The zero-order valence-corrected chi connectivity index (χ0v) is 8.00. The van der Waals surface area contributed by atoms with E-state index in [9.17, 15) is 13.6 Å². The molecule has 0 bridgehead atoms. The number of nitrogen functional groups attached to an aromatic ring is 1. The van der Waals surface area contributed by atoms with Gasteiger partial charge in [0.1, 0.15) is 5.82 Å². The summed E-state index contributed by atoms with van der Waals surface area (Å²) in [4.78, 5) is 11.3. The average Bonchev–Trinajstić information content (AvgIpc) is 2.22.